The van der Waals surface area contributed by atoms with Crippen molar-refractivity contribution in [2.45, 2.75) is 51.0 Å². The Labute approximate surface area is 212 Å². The molecule has 2 fully saturated rings. The van der Waals surface area contributed by atoms with Crippen molar-refractivity contribution in [3.63, 3.8) is 0 Å². The number of amides is 2. The van der Waals surface area contributed by atoms with Crippen LogP contribution in [0.2, 0.25) is 0 Å². The molecule has 36 heavy (non-hydrogen) atoms. The molecule has 1 saturated carbocycles. The molecule has 2 aromatic carbocycles. The molecule has 0 spiro atoms. The predicted octanol–water partition coefficient (Wildman–Crippen LogP) is 4.11. The molecule has 1 heterocycles. The van der Waals surface area contributed by atoms with Gasteiger partial charge in [0.25, 0.3) is 11.8 Å². The van der Waals surface area contributed by atoms with Crippen molar-refractivity contribution in [2.24, 2.45) is 5.92 Å². The molecule has 0 unspecified atom stereocenters. The molecule has 192 valence electrons. The van der Waals surface area contributed by atoms with Gasteiger partial charge in [0.1, 0.15) is 0 Å². The van der Waals surface area contributed by atoms with Crippen LogP contribution in [0.1, 0.15) is 76.0 Å². The average molecular weight is 494 g/mol. The first-order chi connectivity index (χ1) is 17.5. The average Bonchev–Trinajstić information content (AvgIpc) is 2.95. The van der Waals surface area contributed by atoms with Gasteiger partial charge in [-0.05, 0) is 80.1 Å². The van der Waals surface area contributed by atoms with Gasteiger partial charge in [0.05, 0.1) is 18.8 Å². The van der Waals surface area contributed by atoms with Crippen LogP contribution in [0.25, 0.3) is 0 Å². The van der Waals surface area contributed by atoms with Crippen LogP contribution in [0, 0.1) is 5.92 Å². The molecule has 0 radical (unpaired) electrons. The van der Waals surface area contributed by atoms with E-state index in [1.54, 1.807) is 12.1 Å². The molecule has 0 bridgehead atoms. The lowest BCUT2D eigenvalue weighted by Gasteiger charge is -2.34. The zero-order chi connectivity index (χ0) is 25.3. The first-order valence-electron chi connectivity index (χ1n) is 12.8. The monoisotopic (exact) mass is 493 g/mol. The number of piperidine rings is 1. The number of nitrogens with one attached hydrogen (secondary N) is 2. The van der Waals surface area contributed by atoms with Gasteiger partial charge in [-0.25, -0.2) is 4.79 Å². The summed E-state index contributed by atoms with van der Waals surface area (Å²) < 4.78 is 10.9. The van der Waals surface area contributed by atoms with E-state index in [1.165, 1.54) is 63.5 Å². The second-order valence-corrected chi connectivity index (χ2v) is 9.55. The Bertz CT molecular complexity index is 1020. The molecule has 1 saturated heterocycles. The SMILES string of the molecule is COC(=O)c1ccc(C(=O)NNC(=O)c2ccc(N3CCC(OCC4CCCCC4)CC3)cc2)cc1. The summed E-state index contributed by atoms with van der Waals surface area (Å²) in [6.07, 6.45) is 9.06. The second kappa shape index (κ2) is 12.5. The molecular formula is C28H35N3O5. The van der Waals surface area contributed by atoms with Crippen molar-refractivity contribution in [3.8, 4) is 0 Å². The Morgan fingerprint density at radius 3 is 1.86 bits per heavy atom. The minimum atomic E-state index is -0.482. The smallest absolute Gasteiger partial charge is 0.337 e. The van der Waals surface area contributed by atoms with Crippen molar-refractivity contribution >= 4 is 23.5 Å². The molecule has 1 aliphatic heterocycles. The fourth-order valence-electron chi connectivity index (χ4n) is 4.86. The number of benzene rings is 2. The molecule has 8 nitrogen and oxygen atoms in total. The van der Waals surface area contributed by atoms with Gasteiger partial charge in [-0.1, -0.05) is 19.3 Å². The number of ether oxygens (including phenoxy) is 2. The van der Waals surface area contributed by atoms with Gasteiger partial charge in [0.15, 0.2) is 0 Å². The van der Waals surface area contributed by atoms with Crippen molar-refractivity contribution in [3.05, 3.63) is 65.2 Å². The number of anilines is 1. The third-order valence-electron chi connectivity index (χ3n) is 7.09. The van der Waals surface area contributed by atoms with Gasteiger partial charge in [-0.15, -0.1) is 0 Å². The Kier molecular flexibility index (Phi) is 8.95. The standard InChI is InChI=1S/C28H35N3O5/c1-35-28(34)23-9-7-21(8-10-23)26(32)29-30-27(33)22-11-13-24(14-12-22)31-17-15-25(16-18-31)36-19-20-5-3-2-4-6-20/h7-14,20,25H,2-6,15-19H2,1H3,(H,29,32)(H,30,33). The lowest BCUT2D eigenvalue weighted by molar-refractivity contribution is 0.00810. The fraction of sp³-hybridized carbons (Fsp3) is 0.464. The topological polar surface area (TPSA) is 97.0 Å². The number of esters is 1. The molecule has 2 aromatic rings. The van der Waals surface area contributed by atoms with Crippen LogP contribution in [0.4, 0.5) is 5.69 Å². The minimum absolute atomic E-state index is 0.310. The first-order valence-corrected chi connectivity index (χ1v) is 12.8. The van der Waals surface area contributed by atoms with Crippen LogP contribution >= 0.6 is 0 Å². The molecule has 2 aliphatic rings. The van der Waals surface area contributed by atoms with Gasteiger partial charge in [-0.2, -0.15) is 0 Å². The number of hydrogen-bond donors (Lipinski definition) is 2. The van der Waals surface area contributed by atoms with Gasteiger partial charge >= 0.3 is 5.97 Å². The van der Waals surface area contributed by atoms with Crippen molar-refractivity contribution < 1.29 is 23.9 Å². The summed E-state index contributed by atoms with van der Waals surface area (Å²) in [6.45, 7) is 2.78. The van der Waals surface area contributed by atoms with Crippen LogP contribution in [-0.4, -0.2) is 50.7 Å². The number of nitrogens with zero attached hydrogens (tertiary/aromatic N) is 1. The largest absolute Gasteiger partial charge is 0.465 e. The van der Waals surface area contributed by atoms with E-state index in [9.17, 15) is 14.4 Å². The number of carbonyl (C=O) groups excluding carboxylic acids is 3. The van der Waals surface area contributed by atoms with E-state index in [1.807, 2.05) is 12.1 Å². The maximum atomic E-state index is 12.5. The van der Waals surface area contributed by atoms with E-state index in [0.717, 1.165) is 44.1 Å². The predicted molar refractivity (Wildman–Crippen MR) is 137 cm³/mol. The number of hydrogen-bond acceptors (Lipinski definition) is 6. The lowest BCUT2D eigenvalue weighted by Crippen LogP contribution is -2.41. The third-order valence-corrected chi connectivity index (χ3v) is 7.09. The minimum Gasteiger partial charge on any atom is -0.465 e. The van der Waals surface area contributed by atoms with E-state index >= 15 is 0 Å². The maximum absolute atomic E-state index is 12.5. The van der Waals surface area contributed by atoms with Crippen LogP contribution in [0.15, 0.2) is 48.5 Å². The van der Waals surface area contributed by atoms with E-state index in [0.29, 0.717) is 22.8 Å². The van der Waals surface area contributed by atoms with Crippen LogP contribution in [-0.2, 0) is 9.47 Å². The highest BCUT2D eigenvalue weighted by Crippen LogP contribution is 2.26. The number of hydrazine groups is 1. The van der Waals surface area contributed by atoms with E-state index in [2.05, 4.69) is 20.5 Å². The van der Waals surface area contributed by atoms with Crippen molar-refractivity contribution in [1.29, 1.82) is 0 Å². The van der Waals surface area contributed by atoms with Crippen LogP contribution in [0.5, 0.6) is 0 Å². The molecule has 2 amide bonds. The highest BCUT2D eigenvalue weighted by Gasteiger charge is 2.22. The highest BCUT2D eigenvalue weighted by atomic mass is 16.5. The Morgan fingerprint density at radius 1 is 0.778 bits per heavy atom. The summed E-state index contributed by atoms with van der Waals surface area (Å²) in [5, 5.41) is 0. The molecule has 4 rings (SSSR count). The first kappa shape index (κ1) is 25.7. The second-order valence-electron chi connectivity index (χ2n) is 9.55. The van der Waals surface area contributed by atoms with Crippen LogP contribution < -0.4 is 15.8 Å². The number of rotatable bonds is 7. The van der Waals surface area contributed by atoms with Crippen LogP contribution in [0.3, 0.4) is 0 Å². The summed E-state index contributed by atoms with van der Waals surface area (Å²) in [4.78, 5) is 38.6. The highest BCUT2D eigenvalue weighted by molar-refractivity contribution is 5.99. The van der Waals surface area contributed by atoms with Gasteiger partial charge < -0.3 is 14.4 Å². The van der Waals surface area contributed by atoms with Gasteiger partial charge in [0, 0.05) is 36.5 Å². The summed E-state index contributed by atoms with van der Waals surface area (Å²) >= 11 is 0. The fourth-order valence-corrected chi connectivity index (χ4v) is 4.86. The van der Waals surface area contributed by atoms with Gasteiger partial charge in [0.2, 0.25) is 0 Å². The molecular weight excluding hydrogens is 458 g/mol. The van der Waals surface area contributed by atoms with Gasteiger partial charge in [-0.3, -0.25) is 20.4 Å². The van der Waals surface area contributed by atoms with Crippen molar-refractivity contribution in [2.75, 3.05) is 31.7 Å². The quantitative estimate of drug-likeness (QED) is 0.445. The molecule has 2 N–H and O–H groups in total. The Morgan fingerprint density at radius 2 is 1.31 bits per heavy atom. The van der Waals surface area contributed by atoms with Crippen molar-refractivity contribution in [1.82, 2.24) is 10.9 Å². The Balaban J connectivity index is 1.20. The van der Waals surface area contributed by atoms with E-state index in [4.69, 9.17) is 4.74 Å². The summed E-state index contributed by atoms with van der Waals surface area (Å²) in [7, 11) is 1.29. The molecule has 0 aromatic heterocycles. The normalized spacial score (nSPS) is 16.9. The molecule has 0 atom stereocenters. The van der Waals surface area contributed by atoms with E-state index < -0.39 is 17.8 Å². The summed E-state index contributed by atoms with van der Waals surface area (Å²) in [6, 6.07) is 13.4. The molecule has 1 aliphatic carbocycles. The number of methoxy groups -OCH3 is 1. The summed E-state index contributed by atoms with van der Waals surface area (Å²) in [5.74, 6) is -0.626. The zero-order valence-corrected chi connectivity index (χ0v) is 20.8. The Hall–Kier alpha value is -3.39. The maximum Gasteiger partial charge on any atom is 0.337 e. The number of carbonyl (C=O) groups is 3. The summed E-state index contributed by atoms with van der Waals surface area (Å²) in [5.41, 5.74) is 7.01. The third kappa shape index (κ3) is 6.85. The van der Waals surface area contributed by atoms with E-state index in [-0.39, 0.29) is 0 Å². The lowest BCUT2D eigenvalue weighted by atomic mass is 9.90. The molecule has 8 heteroatoms. The zero-order valence-electron chi connectivity index (χ0n) is 20.8.